The number of aliphatic hydroxyl groups is 1. The molecule has 24 heavy (non-hydrogen) atoms. The van der Waals surface area contributed by atoms with Gasteiger partial charge in [-0.05, 0) is 19.0 Å². The molecule has 2 atom stereocenters. The number of amides is 1. The van der Waals surface area contributed by atoms with Crippen molar-refractivity contribution in [1.29, 1.82) is 0 Å². The molecule has 1 amide bonds. The van der Waals surface area contributed by atoms with Crippen LogP contribution in [-0.4, -0.2) is 90.2 Å². The van der Waals surface area contributed by atoms with E-state index < -0.39 is 0 Å². The third kappa shape index (κ3) is 3.85. The maximum absolute atomic E-state index is 12.6. The van der Waals surface area contributed by atoms with Gasteiger partial charge in [0, 0.05) is 70.6 Å². The average Bonchev–Trinajstić information content (AvgIpc) is 3.00. The van der Waals surface area contributed by atoms with E-state index in [9.17, 15) is 14.7 Å². The minimum absolute atomic E-state index is 0.0782. The maximum Gasteiger partial charge on any atom is 0.255 e. The summed E-state index contributed by atoms with van der Waals surface area (Å²) in [5.74, 6) is 0.340. The zero-order valence-corrected chi connectivity index (χ0v) is 14.1. The van der Waals surface area contributed by atoms with E-state index in [1.807, 2.05) is 0 Å². The summed E-state index contributed by atoms with van der Waals surface area (Å²) in [6.45, 7) is 6.48. The number of likely N-dealkylation sites (N-methyl/N-ethyl adjacent to an activating group) is 1. The molecule has 2 fully saturated rings. The molecule has 3 heterocycles. The van der Waals surface area contributed by atoms with Crippen molar-refractivity contribution >= 4 is 5.91 Å². The summed E-state index contributed by atoms with van der Waals surface area (Å²) >= 11 is 0. The highest BCUT2D eigenvalue weighted by Crippen LogP contribution is 2.25. The van der Waals surface area contributed by atoms with Gasteiger partial charge in [0.1, 0.15) is 0 Å². The summed E-state index contributed by atoms with van der Waals surface area (Å²) in [6, 6.07) is 2.93. The molecule has 2 saturated heterocycles. The van der Waals surface area contributed by atoms with Gasteiger partial charge in [-0.25, -0.2) is 0 Å². The number of rotatable bonds is 4. The smallest absolute Gasteiger partial charge is 0.255 e. The molecule has 0 radical (unpaired) electrons. The van der Waals surface area contributed by atoms with Crippen molar-refractivity contribution in [1.82, 2.24) is 19.7 Å². The van der Waals surface area contributed by atoms with Crippen LogP contribution < -0.4 is 5.56 Å². The Morgan fingerprint density at radius 1 is 1.21 bits per heavy atom. The summed E-state index contributed by atoms with van der Waals surface area (Å²) in [4.78, 5) is 32.8. The number of pyridine rings is 1. The molecule has 3 rings (SSSR count). The fourth-order valence-corrected chi connectivity index (χ4v) is 3.61. The minimum Gasteiger partial charge on any atom is -0.396 e. The highest BCUT2D eigenvalue weighted by molar-refractivity contribution is 5.94. The van der Waals surface area contributed by atoms with Crippen LogP contribution in [0.25, 0.3) is 0 Å². The highest BCUT2D eigenvalue weighted by atomic mass is 16.3. The van der Waals surface area contributed by atoms with Gasteiger partial charge in [-0.15, -0.1) is 0 Å². The first kappa shape index (κ1) is 17.1. The zero-order valence-electron chi connectivity index (χ0n) is 14.1. The Hall–Kier alpha value is -1.70. The van der Waals surface area contributed by atoms with Crippen molar-refractivity contribution in [2.24, 2.45) is 11.8 Å². The molecule has 7 heteroatoms. The van der Waals surface area contributed by atoms with E-state index in [0.717, 1.165) is 32.7 Å². The molecule has 0 aromatic carbocycles. The van der Waals surface area contributed by atoms with Crippen molar-refractivity contribution in [2.45, 2.75) is 0 Å². The van der Waals surface area contributed by atoms with Crippen LogP contribution in [0.2, 0.25) is 0 Å². The highest BCUT2D eigenvalue weighted by Gasteiger charge is 2.36. The van der Waals surface area contributed by atoms with Crippen molar-refractivity contribution in [3.63, 3.8) is 0 Å². The van der Waals surface area contributed by atoms with Gasteiger partial charge < -0.3 is 24.8 Å². The molecule has 0 unspecified atom stereocenters. The van der Waals surface area contributed by atoms with Crippen LogP contribution in [0.3, 0.4) is 0 Å². The number of likely N-dealkylation sites (tertiary alicyclic amines) is 1. The molecule has 132 valence electrons. The lowest BCUT2D eigenvalue weighted by molar-refractivity contribution is 0.0776. The summed E-state index contributed by atoms with van der Waals surface area (Å²) in [5.41, 5.74) is 0.278. The van der Waals surface area contributed by atoms with Crippen LogP contribution in [0.4, 0.5) is 0 Å². The van der Waals surface area contributed by atoms with Gasteiger partial charge in [-0.2, -0.15) is 0 Å². The van der Waals surface area contributed by atoms with Gasteiger partial charge >= 0.3 is 0 Å². The molecule has 0 bridgehead atoms. The van der Waals surface area contributed by atoms with Crippen LogP contribution in [0, 0.1) is 11.8 Å². The lowest BCUT2D eigenvalue weighted by Gasteiger charge is -2.34. The third-order valence-corrected chi connectivity index (χ3v) is 5.22. The molecule has 0 saturated carbocycles. The Morgan fingerprint density at radius 2 is 1.92 bits per heavy atom. The van der Waals surface area contributed by atoms with Crippen LogP contribution in [0.1, 0.15) is 10.4 Å². The minimum atomic E-state index is -0.214. The number of nitrogens with zero attached hydrogens (tertiary/aromatic N) is 3. The van der Waals surface area contributed by atoms with Gasteiger partial charge in [0.15, 0.2) is 0 Å². The number of aromatic nitrogens is 1. The SMILES string of the molecule is CN1CCN(C[C@@H]2CN(C(=O)c3ccc(=O)[nH]c3)C[C@@H]2CO)CC1. The number of nitrogens with one attached hydrogen (secondary N) is 1. The van der Waals surface area contributed by atoms with E-state index in [2.05, 4.69) is 21.8 Å². The molecule has 0 aliphatic carbocycles. The number of hydrogen-bond donors (Lipinski definition) is 2. The monoisotopic (exact) mass is 334 g/mol. The fraction of sp³-hybridized carbons (Fsp3) is 0.647. The second-order valence-corrected chi connectivity index (χ2v) is 6.96. The van der Waals surface area contributed by atoms with Crippen LogP contribution in [-0.2, 0) is 0 Å². The zero-order chi connectivity index (χ0) is 17.1. The second kappa shape index (κ2) is 7.46. The van der Waals surface area contributed by atoms with E-state index in [0.29, 0.717) is 24.6 Å². The quantitative estimate of drug-likeness (QED) is 0.761. The summed E-state index contributed by atoms with van der Waals surface area (Å²) in [5, 5.41) is 9.70. The maximum atomic E-state index is 12.6. The molecule has 0 spiro atoms. The third-order valence-electron chi connectivity index (χ3n) is 5.22. The van der Waals surface area contributed by atoms with Crippen LogP contribution in [0.15, 0.2) is 23.1 Å². The predicted octanol–water partition coefficient (Wildman–Crippen LogP) is -0.697. The Kier molecular flexibility index (Phi) is 5.33. The number of H-pyrrole nitrogens is 1. The first-order chi connectivity index (χ1) is 11.6. The molecule has 7 nitrogen and oxygen atoms in total. The van der Waals surface area contributed by atoms with E-state index in [-0.39, 0.29) is 24.0 Å². The molecule has 2 aliphatic heterocycles. The number of hydrogen-bond acceptors (Lipinski definition) is 5. The number of piperazine rings is 1. The molecule has 2 N–H and O–H groups in total. The summed E-state index contributed by atoms with van der Waals surface area (Å²) < 4.78 is 0. The molecule has 1 aromatic heterocycles. The Balaban J connectivity index is 1.62. The van der Waals surface area contributed by atoms with E-state index >= 15 is 0 Å². The first-order valence-corrected chi connectivity index (χ1v) is 8.56. The van der Waals surface area contributed by atoms with E-state index in [1.165, 1.54) is 12.3 Å². The Labute approximate surface area is 141 Å². The lowest BCUT2D eigenvalue weighted by Crippen LogP contribution is -2.47. The van der Waals surface area contributed by atoms with Crippen LogP contribution in [0.5, 0.6) is 0 Å². The van der Waals surface area contributed by atoms with Gasteiger partial charge in [0.2, 0.25) is 5.56 Å². The average molecular weight is 334 g/mol. The Bertz CT molecular complexity index is 604. The normalized spacial score (nSPS) is 26.0. The van der Waals surface area contributed by atoms with Crippen molar-refractivity contribution in [2.75, 3.05) is 59.5 Å². The number of aromatic amines is 1. The van der Waals surface area contributed by atoms with Crippen molar-refractivity contribution in [3.8, 4) is 0 Å². The fourth-order valence-electron chi connectivity index (χ4n) is 3.61. The number of aliphatic hydroxyl groups excluding tert-OH is 1. The second-order valence-electron chi connectivity index (χ2n) is 6.96. The van der Waals surface area contributed by atoms with Crippen molar-refractivity contribution in [3.05, 3.63) is 34.2 Å². The standard InChI is InChI=1S/C17H26N4O3/c1-19-4-6-20(7-5-19)9-14-10-21(11-15(14)12-22)17(24)13-2-3-16(23)18-8-13/h2-3,8,14-15,22H,4-7,9-12H2,1H3,(H,18,23)/t14-,15-/m1/s1. The van der Waals surface area contributed by atoms with Gasteiger partial charge in [-0.3, -0.25) is 9.59 Å². The molecular formula is C17H26N4O3. The largest absolute Gasteiger partial charge is 0.396 e. The van der Waals surface area contributed by atoms with E-state index in [4.69, 9.17) is 0 Å². The van der Waals surface area contributed by atoms with Gasteiger partial charge in [0.25, 0.3) is 5.91 Å². The van der Waals surface area contributed by atoms with Crippen LogP contribution >= 0.6 is 0 Å². The predicted molar refractivity (Wildman–Crippen MR) is 91.0 cm³/mol. The Morgan fingerprint density at radius 3 is 2.54 bits per heavy atom. The van der Waals surface area contributed by atoms with Crippen molar-refractivity contribution < 1.29 is 9.90 Å². The first-order valence-electron chi connectivity index (χ1n) is 8.56. The molecule has 1 aromatic rings. The molecular weight excluding hydrogens is 308 g/mol. The molecule has 2 aliphatic rings. The number of carbonyl (C=O) groups excluding carboxylic acids is 1. The van der Waals surface area contributed by atoms with E-state index in [1.54, 1.807) is 11.0 Å². The lowest BCUT2D eigenvalue weighted by atomic mass is 9.96. The number of carbonyl (C=O) groups is 1. The van der Waals surface area contributed by atoms with Gasteiger partial charge in [-0.1, -0.05) is 0 Å². The summed E-state index contributed by atoms with van der Waals surface area (Å²) in [7, 11) is 2.13. The van der Waals surface area contributed by atoms with Gasteiger partial charge in [0.05, 0.1) is 5.56 Å². The summed E-state index contributed by atoms with van der Waals surface area (Å²) in [6.07, 6.45) is 1.46. The topological polar surface area (TPSA) is 79.9 Å².